The van der Waals surface area contributed by atoms with Crippen LogP contribution in [-0.2, 0) is 6.42 Å². The molecular formula is C22H19ClN2O3. The van der Waals surface area contributed by atoms with Crippen LogP contribution < -0.4 is 15.6 Å². The number of hydrazine groups is 1. The number of carbonyl (C=O) groups excluding carboxylic acids is 2. The summed E-state index contributed by atoms with van der Waals surface area (Å²) in [7, 11) is 0. The van der Waals surface area contributed by atoms with Crippen LogP contribution in [0.2, 0.25) is 5.02 Å². The smallest absolute Gasteiger partial charge is 0.269 e. The fraction of sp³-hybridized carbons (Fsp3) is 0.0909. The van der Waals surface area contributed by atoms with Crippen molar-refractivity contribution in [3.05, 3.63) is 101 Å². The first-order chi connectivity index (χ1) is 13.6. The van der Waals surface area contributed by atoms with Gasteiger partial charge in [0.15, 0.2) is 0 Å². The summed E-state index contributed by atoms with van der Waals surface area (Å²) in [4.78, 5) is 24.1. The molecule has 3 aromatic carbocycles. The summed E-state index contributed by atoms with van der Waals surface area (Å²) in [5.74, 6) is -0.165. The van der Waals surface area contributed by atoms with E-state index in [2.05, 4.69) is 23.0 Å². The normalized spacial score (nSPS) is 10.2. The van der Waals surface area contributed by atoms with Gasteiger partial charge in [0.05, 0.1) is 6.61 Å². The summed E-state index contributed by atoms with van der Waals surface area (Å²) in [6.45, 7) is 0.548. The summed E-state index contributed by atoms with van der Waals surface area (Å²) in [5.41, 5.74) is 6.76. The van der Waals surface area contributed by atoms with Crippen LogP contribution in [0.1, 0.15) is 26.3 Å². The predicted octanol–water partition coefficient (Wildman–Crippen LogP) is 4.04. The van der Waals surface area contributed by atoms with E-state index in [1.54, 1.807) is 48.5 Å². The number of benzene rings is 3. The minimum Gasteiger partial charge on any atom is -0.493 e. The number of rotatable bonds is 6. The van der Waals surface area contributed by atoms with E-state index in [0.717, 1.165) is 6.42 Å². The molecule has 0 aliphatic carbocycles. The number of halogens is 1. The monoisotopic (exact) mass is 394 g/mol. The maximum Gasteiger partial charge on any atom is 0.269 e. The first-order valence-corrected chi connectivity index (χ1v) is 9.12. The summed E-state index contributed by atoms with van der Waals surface area (Å²) < 4.78 is 5.70. The molecule has 0 radical (unpaired) electrons. The lowest BCUT2D eigenvalue weighted by Gasteiger charge is -2.09. The van der Waals surface area contributed by atoms with Crippen molar-refractivity contribution in [1.29, 1.82) is 0 Å². The van der Waals surface area contributed by atoms with Gasteiger partial charge in [0, 0.05) is 22.6 Å². The van der Waals surface area contributed by atoms with Crippen LogP contribution in [-0.4, -0.2) is 18.4 Å². The second-order valence-electron chi connectivity index (χ2n) is 6.02. The molecule has 0 aromatic heterocycles. The van der Waals surface area contributed by atoms with E-state index in [1.165, 1.54) is 5.56 Å². The number of ether oxygens (including phenoxy) is 1. The fourth-order valence-corrected chi connectivity index (χ4v) is 2.62. The third kappa shape index (κ3) is 5.59. The lowest BCUT2D eigenvalue weighted by Crippen LogP contribution is -2.41. The van der Waals surface area contributed by atoms with Gasteiger partial charge in [-0.05, 0) is 54.1 Å². The predicted molar refractivity (Wildman–Crippen MR) is 108 cm³/mol. The Bertz CT molecular complexity index is 926. The van der Waals surface area contributed by atoms with Crippen LogP contribution >= 0.6 is 11.6 Å². The SMILES string of the molecule is O=C(NNC(=O)c1ccc(OCCc2ccccc2)cc1)c1ccc(Cl)cc1. The first-order valence-electron chi connectivity index (χ1n) is 8.75. The zero-order valence-electron chi connectivity index (χ0n) is 15.0. The van der Waals surface area contributed by atoms with E-state index in [9.17, 15) is 9.59 Å². The van der Waals surface area contributed by atoms with E-state index in [4.69, 9.17) is 16.3 Å². The molecule has 6 heteroatoms. The summed E-state index contributed by atoms with van der Waals surface area (Å²) in [6, 6.07) is 23.2. The summed E-state index contributed by atoms with van der Waals surface area (Å²) >= 11 is 5.79. The molecular weight excluding hydrogens is 376 g/mol. The minimum absolute atomic E-state index is 0.395. The number of carbonyl (C=O) groups is 2. The average molecular weight is 395 g/mol. The van der Waals surface area contributed by atoms with E-state index in [-0.39, 0.29) is 0 Å². The van der Waals surface area contributed by atoms with E-state index in [0.29, 0.717) is 28.5 Å². The van der Waals surface area contributed by atoms with E-state index < -0.39 is 11.8 Å². The lowest BCUT2D eigenvalue weighted by atomic mass is 10.2. The molecule has 3 rings (SSSR count). The molecule has 2 amide bonds. The number of amides is 2. The maximum absolute atomic E-state index is 12.2. The zero-order valence-corrected chi connectivity index (χ0v) is 15.8. The van der Waals surface area contributed by atoms with Crippen molar-refractivity contribution in [3.63, 3.8) is 0 Å². The van der Waals surface area contributed by atoms with Crippen LogP contribution in [0.3, 0.4) is 0 Å². The molecule has 0 saturated carbocycles. The second kappa shape index (κ2) is 9.58. The summed E-state index contributed by atoms with van der Waals surface area (Å²) in [5, 5.41) is 0.534. The molecule has 0 spiro atoms. The highest BCUT2D eigenvalue weighted by molar-refractivity contribution is 6.30. The van der Waals surface area contributed by atoms with Crippen molar-refractivity contribution in [1.82, 2.24) is 10.9 Å². The molecule has 3 aromatic rings. The highest BCUT2D eigenvalue weighted by Crippen LogP contribution is 2.13. The molecule has 0 fully saturated rings. The van der Waals surface area contributed by atoms with Crippen LogP contribution in [0.25, 0.3) is 0 Å². The molecule has 5 nitrogen and oxygen atoms in total. The highest BCUT2D eigenvalue weighted by Gasteiger charge is 2.09. The molecule has 0 unspecified atom stereocenters. The Balaban J connectivity index is 1.46. The van der Waals surface area contributed by atoms with Crippen molar-refractivity contribution < 1.29 is 14.3 Å². The molecule has 0 saturated heterocycles. The van der Waals surface area contributed by atoms with Gasteiger partial charge in [0.25, 0.3) is 11.8 Å². The number of hydrogen-bond acceptors (Lipinski definition) is 3. The van der Waals surface area contributed by atoms with Crippen molar-refractivity contribution in [3.8, 4) is 5.75 Å². The van der Waals surface area contributed by atoms with Gasteiger partial charge in [-0.15, -0.1) is 0 Å². The Morgan fingerprint density at radius 3 is 1.86 bits per heavy atom. The standard InChI is InChI=1S/C22H19ClN2O3/c23-19-10-6-17(7-11-19)21(26)24-25-22(27)18-8-12-20(13-9-18)28-15-14-16-4-2-1-3-5-16/h1-13H,14-15H2,(H,24,26)(H,25,27). The van der Waals surface area contributed by atoms with Gasteiger partial charge in [0.1, 0.15) is 5.75 Å². The van der Waals surface area contributed by atoms with Crippen LogP contribution in [0, 0.1) is 0 Å². The van der Waals surface area contributed by atoms with Gasteiger partial charge in [-0.25, -0.2) is 0 Å². The topological polar surface area (TPSA) is 67.4 Å². The van der Waals surface area contributed by atoms with Gasteiger partial charge in [-0.1, -0.05) is 41.9 Å². The molecule has 0 atom stereocenters. The fourth-order valence-electron chi connectivity index (χ4n) is 2.49. The van der Waals surface area contributed by atoms with Gasteiger partial charge < -0.3 is 4.74 Å². The van der Waals surface area contributed by atoms with Gasteiger partial charge in [-0.2, -0.15) is 0 Å². The largest absolute Gasteiger partial charge is 0.493 e. The van der Waals surface area contributed by atoms with Gasteiger partial charge in [0.2, 0.25) is 0 Å². The number of hydrogen-bond donors (Lipinski definition) is 2. The Morgan fingerprint density at radius 1 is 0.750 bits per heavy atom. The first kappa shape index (κ1) is 19.5. The minimum atomic E-state index is -0.425. The molecule has 0 bridgehead atoms. The molecule has 28 heavy (non-hydrogen) atoms. The molecule has 2 N–H and O–H groups in total. The van der Waals surface area contributed by atoms with Gasteiger partial charge >= 0.3 is 0 Å². The number of nitrogens with one attached hydrogen (secondary N) is 2. The third-order valence-corrected chi connectivity index (χ3v) is 4.27. The van der Waals surface area contributed by atoms with E-state index >= 15 is 0 Å². The quantitative estimate of drug-likeness (QED) is 0.620. The Morgan fingerprint density at radius 2 is 1.29 bits per heavy atom. The van der Waals surface area contributed by atoms with Crippen molar-refractivity contribution >= 4 is 23.4 Å². The summed E-state index contributed by atoms with van der Waals surface area (Å²) in [6.07, 6.45) is 0.805. The Hall–Kier alpha value is -3.31. The second-order valence-corrected chi connectivity index (χ2v) is 6.46. The van der Waals surface area contributed by atoms with Crippen molar-refractivity contribution in [2.24, 2.45) is 0 Å². The van der Waals surface area contributed by atoms with Crippen LogP contribution in [0.15, 0.2) is 78.9 Å². The van der Waals surface area contributed by atoms with Crippen molar-refractivity contribution in [2.45, 2.75) is 6.42 Å². The molecule has 0 heterocycles. The van der Waals surface area contributed by atoms with Crippen molar-refractivity contribution in [2.75, 3.05) is 6.61 Å². The van der Waals surface area contributed by atoms with E-state index in [1.807, 2.05) is 18.2 Å². The third-order valence-electron chi connectivity index (χ3n) is 4.01. The molecule has 0 aliphatic heterocycles. The lowest BCUT2D eigenvalue weighted by molar-refractivity contribution is 0.0846. The Labute approximate surface area is 168 Å². The highest BCUT2D eigenvalue weighted by atomic mass is 35.5. The van der Waals surface area contributed by atoms with Crippen LogP contribution in [0.4, 0.5) is 0 Å². The van der Waals surface area contributed by atoms with Gasteiger partial charge in [-0.3, -0.25) is 20.4 Å². The molecule has 142 valence electrons. The molecule has 0 aliphatic rings. The maximum atomic E-state index is 12.2. The van der Waals surface area contributed by atoms with Crippen LogP contribution in [0.5, 0.6) is 5.75 Å². The zero-order chi connectivity index (χ0) is 19.8. The Kier molecular flexibility index (Phi) is 6.65. The average Bonchev–Trinajstić information content (AvgIpc) is 2.73.